The molecule has 13 heavy (non-hydrogen) atoms. The van der Waals surface area contributed by atoms with Crippen LogP contribution in [-0.2, 0) is 11.3 Å². The van der Waals surface area contributed by atoms with Crippen molar-refractivity contribution in [2.45, 2.75) is 6.61 Å². The fraction of sp³-hybridized carbons (Fsp3) is 0.333. The molecular weight excluding hydrogens is 244 g/mol. The normalized spacial score (nSPS) is 8.15. The molecule has 0 amide bonds. The minimum atomic E-state index is 0. The SMILES string of the molecule is COCc1cc[c-]c(OC)c1.[Br-].[Mg+2]. The molecule has 68 valence electrons. The van der Waals surface area contributed by atoms with Gasteiger partial charge in [-0.1, -0.05) is 0 Å². The van der Waals surface area contributed by atoms with Gasteiger partial charge in [0.05, 0.1) is 7.11 Å². The second kappa shape index (κ2) is 8.81. The molecule has 0 aromatic heterocycles. The Kier molecular flexibility index (Phi) is 10.6. The zero-order valence-corrected chi connectivity index (χ0v) is 10.8. The van der Waals surface area contributed by atoms with E-state index in [0.29, 0.717) is 6.61 Å². The number of hydrogen-bond acceptors (Lipinski definition) is 2. The molecule has 0 saturated heterocycles. The first kappa shape index (κ1) is 15.7. The van der Waals surface area contributed by atoms with Crippen molar-refractivity contribution >= 4 is 23.1 Å². The minimum Gasteiger partial charge on any atom is -1.00 e. The van der Waals surface area contributed by atoms with E-state index in [1.54, 1.807) is 14.2 Å². The van der Waals surface area contributed by atoms with Gasteiger partial charge < -0.3 is 26.5 Å². The Labute approximate surface area is 106 Å². The maximum atomic E-state index is 4.99. The molecule has 0 bridgehead atoms. The zero-order chi connectivity index (χ0) is 8.10. The average Bonchev–Trinajstić information content (AvgIpc) is 2.06. The minimum absolute atomic E-state index is 0. The van der Waals surface area contributed by atoms with Gasteiger partial charge in [0.1, 0.15) is 0 Å². The first-order valence-corrected chi connectivity index (χ1v) is 3.40. The Morgan fingerprint density at radius 2 is 2.08 bits per heavy atom. The number of benzene rings is 1. The fourth-order valence-corrected chi connectivity index (χ4v) is 0.863. The Balaban J connectivity index is 0. The quantitative estimate of drug-likeness (QED) is 0.472. The van der Waals surface area contributed by atoms with Gasteiger partial charge in [-0.15, -0.1) is 17.7 Å². The molecule has 0 atom stereocenters. The summed E-state index contributed by atoms with van der Waals surface area (Å²) in [6.45, 7) is 0.616. The molecule has 4 heteroatoms. The molecule has 0 aliphatic carbocycles. The molecule has 2 nitrogen and oxygen atoms in total. The molecule has 0 unspecified atom stereocenters. The van der Waals surface area contributed by atoms with Gasteiger partial charge in [0.2, 0.25) is 0 Å². The van der Waals surface area contributed by atoms with Crippen LogP contribution in [0.25, 0.3) is 0 Å². The topological polar surface area (TPSA) is 18.5 Å². The predicted octanol–water partition coefficient (Wildman–Crippen LogP) is -1.74. The van der Waals surface area contributed by atoms with Gasteiger partial charge >= 0.3 is 23.1 Å². The van der Waals surface area contributed by atoms with Crippen LogP contribution >= 0.6 is 0 Å². The van der Waals surface area contributed by atoms with Crippen LogP contribution in [-0.4, -0.2) is 37.3 Å². The van der Waals surface area contributed by atoms with Gasteiger partial charge in [-0.2, -0.15) is 12.1 Å². The Morgan fingerprint density at radius 3 is 2.62 bits per heavy atom. The molecule has 1 aromatic carbocycles. The van der Waals surface area contributed by atoms with Crippen LogP contribution in [0.1, 0.15) is 5.56 Å². The standard InChI is InChI=1S/C9H11O2.BrH.Mg/c1-10-7-8-4-3-5-9(6-8)11-2;;/h3-4,6H,7H2,1-2H3;1H;/q-1;;+2/p-1. The first-order valence-electron chi connectivity index (χ1n) is 3.40. The molecule has 1 rings (SSSR count). The molecule has 0 aliphatic heterocycles. The summed E-state index contributed by atoms with van der Waals surface area (Å²) in [7, 11) is 3.30. The van der Waals surface area contributed by atoms with Crippen LogP contribution in [0.15, 0.2) is 18.2 Å². The van der Waals surface area contributed by atoms with Crippen molar-refractivity contribution in [3.05, 3.63) is 29.8 Å². The van der Waals surface area contributed by atoms with Gasteiger partial charge in [0.15, 0.2) is 0 Å². The van der Waals surface area contributed by atoms with E-state index >= 15 is 0 Å². The largest absolute Gasteiger partial charge is 2.00 e. The molecule has 0 heterocycles. The molecule has 0 spiro atoms. The van der Waals surface area contributed by atoms with Crippen molar-refractivity contribution in [2.75, 3.05) is 14.2 Å². The number of ether oxygens (including phenoxy) is 2. The molecule has 0 saturated carbocycles. The smallest absolute Gasteiger partial charge is 1.00 e. The number of rotatable bonds is 3. The summed E-state index contributed by atoms with van der Waals surface area (Å²) in [4.78, 5) is 0. The summed E-state index contributed by atoms with van der Waals surface area (Å²) in [6, 6.07) is 8.62. The third-order valence-corrected chi connectivity index (χ3v) is 1.37. The Morgan fingerprint density at radius 1 is 1.38 bits per heavy atom. The van der Waals surface area contributed by atoms with Gasteiger partial charge in [-0.3, -0.25) is 0 Å². The van der Waals surface area contributed by atoms with E-state index in [0.717, 1.165) is 11.3 Å². The summed E-state index contributed by atoms with van der Waals surface area (Å²) in [5.74, 6) is 0.750. The van der Waals surface area contributed by atoms with E-state index in [2.05, 4.69) is 6.07 Å². The number of hydrogen-bond donors (Lipinski definition) is 0. The van der Waals surface area contributed by atoms with E-state index in [1.165, 1.54) is 0 Å². The van der Waals surface area contributed by atoms with Crippen molar-refractivity contribution in [3.8, 4) is 5.75 Å². The third-order valence-electron chi connectivity index (χ3n) is 1.37. The van der Waals surface area contributed by atoms with E-state index in [1.807, 2.05) is 18.2 Å². The second-order valence-corrected chi connectivity index (χ2v) is 2.20. The van der Waals surface area contributed by atoms with Crippen molar-refractivity contribution in [1.82, 2.24) is 0 Å². The zero-order valence-electron chi connectivity index (χ0n) is 7.84. The maximum absolute atomic E-state index is 4.99. The van der Waals surface area contributed by atoms with Crippen molar-refractivity contribution in [1.29, 1.82) is 0 Å². The van der Waals surface area contributed by atoms with Crippen LogP contribution < -0.4 is 21.7 Å². The summed E-state index contributed by atoms with van der Waals surface area (Å²) in [5, 5.41) is 0. The summed E-state index contributed by atoms with van der Waals surface area (Å²) in [5.41, 5.74) is 1.10. The number of methoxy groups -OCH3 is 2. The van der Waals surface area contributed by atoms with Crippen LogP contribution in [0.2, 0.25) is 0 Å². The maximum Gasteiger partial charge on any atom is 2.00 e. The molecule has 0 radical (unpaired) electrons. The van der Waals surface area contributed by atoms with E-state index in [9.17, 15) is 0 Å². The molecule has 0 aliphatic rings. The summed E-state index contributed by atoms with van der Waals surface area (Å²) < 4.78 is 9.95. The van der Waals surface area contributed by atoms with Gasteiger partial charge in [-0.05, 0) is 0 Å². The molecule has 0 fully saturated rings. The van der Waals surface area contributed by atoms with Gasteiger partial charge in [0.25, 0.3) is 0 Å². The average molecular weight is 255 g/mol. The van der Waals surface area contributed by atoms with Crippen molar-refractivity contribution < 1.29 is 26.5 Å². The summed E-state index contributed by atoms with van der Waals surface area (Å²) in [6.07, 6.45) is 0. The van der Waals surface area contributed by atoms with Crippen LogP contribution in [0.4, 0.5) is 0 Å². The molecule has 0 N–H and O–H groups in total. The summed E-state index contributed by atoms with van der Waals surface area (Å²) >= 11 is 0. The molecular formula is C9H11BrMgO2. The Hall–Kier alpha value is 0.226. The second-order valence-electron chi connectivity index (χ2n) is 2.20. The van der Waals surface area contributed by atoms with Crippen molar-refractivity contribution in [3.63, 3.8) is 0 Å². The fourth-order valence-electron chi connectivity index (χ4n) is 0.863. The van der Waals surface area contributed by atoms with Crippen LogP contribution in [0.3, 0.4) is 0 Å². The van der Waals surface area contributed by atoms with Crippen LogP contribution in [0.5, 0.6) is 5.75 Å². The Bertz CT molecular complexity index is 231. The van der Waals surface area contributed by atoms with Crippen molar-refractivity contribution in [2.24, 2.45) is 0 Å². The first-order chi connectivity index (χ1) is 5.36. The molecule has 1 aromatic rings. The monoisotopic (exact) mass is 254 g/mol. The van der Waals surface area contributed by atoms with E-state index < -0.39 is 0 Å². The number of halogens is 1. The van der Waals surface area contributed by atoms with Gasteiger partial charge in [-0.25, -0.2) is 0 Å². The van der Waals surface area contributed by atoms with E-state index in [-0.39, 0.29) is 40.0 Å². The van der Waals surface area contributed by atoms with Crippen LogP contribution in [0, 0.1) is 6.07 Å². The predicted molar refractivity (Wildman–Crippen MR) is 48.3 cm³/mol. The third kappa shape index (κ3) is 5.51. The van der Waals surface area contributed by atoms with Gasteiger partial charge in [0, 0.05) is 19.5 Å². The van der Waals surface area contributed by atoms with E-state index in [4.69, 9.17) is 9.47 Å².